The third-order valence-corrected chi connectivity index (χ3v) is 5.25. The average Bonchev–Trinajstić information content (AvgIpc) is 2.77. The van der Waals surface area contributed by atoms with Gasteiger partial charge in [-0.05, 0) is 37.8 Å². The Kier molecular flexibility index (Phi) is 4.48. The third kappa shape index (κ3) is 3.24. The Morgan fingerprint density at radius 2 is 2.41 bits per heavy atom. The van der Waals surface area contributed by atoms with E-state index in [1.807, 2.05) is 0 Å². The summed E-state index contributed by atoms with van der Waals surface area (Å²) in [5.41, 5.74) is 0. The van der Waals surface area contributed by atoms with Crippen molar-refractivity contribution in [3.8, 4) is 0 Å². The summed E-state index contributed by atoms with van der Waals surface area (Å²) in [4.78, 5) is 14.5. The van der Waals surface area contributed by atoms with Crippen molar-refractivity contribution in [3.63, 3.8) is 0 Å². The molecule has 2 rings (SSSR count). The zero-order valence-corrected chi connectivity index (χ0v) is 11.5. The quantitative estimate of drug-likeness (QED) is 0.855. The maximum Gasteiger partial charge on any atom is 0.320 e. The van der Waals surface area contributed by atoms with E-state index >= 15 is 0 Å². The van der Waals surface area contributed by atoms with Gasteiger partial charge in [-0.1, -0.05) is 6.42 Å². The lowest BCUT2D eigenvalue weighted by Crippen LogP contribution is -2.43. The van der Waals surface area contributed by atoms with Gasteiger partial charge in [-0.15, -0.1) is 23.1 Å². The number of nitrogens with zero attached hydrogens (tertiary/aromatic N) is 1. The van der Waals surface area contributed by atoms with Crippen molar-refractivity contribution in [1.29, 1.82) is 0 Å². The number of carboxylic acid groups (broad SMARTS) is 1. The van der Waals surface area contributed by atoms with Crippen LogP contribution in [-0.4, -0.2) is 34.8 Å². The molecule has 94 valence electrons. The Hall–Kier alpha value is -0.520. The highest BCUT2D eigenvalue weighted by molar-refractivity contribution is 8.00. The van der Waals surface area contributed by atoms with Crippen molar-refractivity contribution >= 4 is 29.1 Å². The molecule has 0 saturated carbocycles. The average molecular weight is 271 g/mol. The van der Waals surface area contributed by atoms with Crippen LogP contribution < -0.4 is 0 Å². The number of hydrogen-bond acceptors (Lipinski definition) is 4. The van der Waals surface area contributed by atoms with E-state index in [9.17, 15) is 9.90 Å². The minimum absolute atomic E-state index is 0.288. The van der Waals surface area contributed by atoms with Crippen molar-refractivity contribution in [2.45, 2.75) is 36.1 Å². The summed E-state index contributed by atoms with van der Waals surface area (Å²) in [6.07, 6.45) is 5.01. The highest BCUT2D eigenvalue weighted by Crippen LogP contribution is 2.28. The SMILES string of the molecule is CSc1ccc(CN2CCCCC2C(=O)O)s1. The Labute approximate surface area is 110 Å². The normalized spacial score (nSPS) is 21.6. The summed E-state index contributed by atoms with van der Waals surface area (Å²) in [6.45, 7) is 1.69. The molecule has 1 aromatic heterocycles. The molecule has 2 heterocycles. The van der Waals surface area contributed by atoms with Crippen LogP contribution in [0.2, 0.25) is 0 Å². The van der Waals surface area contributed by atoms with Crippen LogP contribution in [0.1, 0.15) is 24.1 Å². The van der Waals surface area contributed by atoms with Crippen molar-refractivity contribution in [2.24, 2.45) is 0 Å². The highest BCUT2D eigenvalue weighted by atomic mass is 32.2. The molecule has 1 atom stereocenters. The van der Waals surface area contributed by atoms with Gasteiger partial charge in [0.1, 0.15) is 6.04 Å². The molecule has 0 radical (unpaired) electrons. The minimum Gasteiger partial charge on any atom is -0.480 e. The molecule has 1 saturated heterocycles. The summed E-state index contributed by atoms with van der Waals surface area (Å²) in [7, 11) is 0. The van der Waals surface area contributed by atoms with Gasteiger partial charge < -0.3 is 5.11 Å². The lowest BCUT2D eigenvalue weighted by molar-refractivity contribution is -0.144. The number of thiophene rings is 1. The number of rotatable bonds is 4. The molecular weight excluding hydrogens is 254 g/mol. The predicted octanol–water partition coefficient (Wildman–Crippen LogP) is 2.91. The topological polar surface area (TPSA) is 40.5 Å². The first kappa shape index (κ1) is 12.9. The van der Waals surface area contributed by atoms with E-state index in [-0.39, 0.29) is 6.04 Å². The van der Waals surface area contributed by atoms with Crippen LogP contribution in [0.25, 0.3) is 0 Å². The van der Waals surface area contributed by atoms with Gasteiger partial charge in [-0.25, -0.2) is 0 Å². The minimum atomic E-state index is -0.675. The molecule has 0 aliphatic carbocycles. The van der Waals surface area contributed by atoms with Crippen LogP contribution in [0.5, 0.6) is 0 Å². The zero-order chi connectivity index (χ0) is 12.3. The van der Waals surface area contributed by atoms with Gasteiger partial charge in [-0.2, -0.15) is 0 Å². The fourth-order valence-electron chi connectivity index (χ4n) is 2.21. The first-order chi connectivity index (χ1) is 8.20. The van der Waals surface area contributed by atoms with Crippen LogP contribution in [-0.2, 0) is 11.3 Å². The molecule has 0 bridgehead atoms. The molecule has 1 aromatic rings. The number of carboxylic acids is 1. The molecule has 17 heavy (non-hydrogen) atoms. The maximum atomic E-state index is 11.2. The third-order valence-electron chi connectivity index (χ3n) is 3.10. The molecule has 0 amide bonds. The summed E-state index contributed by atoms with van der Waals surface area (Å²) in [5, 5.41) is 9.20. The Morgan fingerprint density at radius 3 is 3.06 bits per heavy atom. The van der Waals surface area contributed by atoms with Gasteiger partial charge in [0.15, 0.2) is 0 Å². The molecule has 1 fully saturated rings. The summed E-state index contributed by atoms with van der Waals surface area (Å²) >= 11 is 3.51. The number of hydrogen-bond donors (Lipinski definition) is 1. The number of carbonyl (C=O) groups is 1. The summed E-state index contributed by atoms with van der Waals surface area (Å²) in [6, 6.07) is 3.94. The highest BCUT2D eigenvalue weighted by Gasteiger charge is 2.28. The van der Waals surface area contributed by atoms with E-state index in [0.717, 1.165) is 32.4 Å². The number of thioether (sulfide) groups is 1. The molecule has 1 N–H and O–H groups in total. The van der Waals surface area contributed by atoms with E-state index in [4.69, 9.17) is 0 Å². The van der Waals surface area contributed by atoms with Gasteiger partial charge in [0.2, 0.25) is 0 Å². The van der Waals surface area contributed by atoms with E-state index in [2.05, 4.69) is 23.3 Å². The molecule has 1 unspecified atom stereocenters. The molecule has 1 aliphatic rings. The fourth-order valence-corrected chi connectivity index (χ4v) is 3.83. The smallest absolute Gasteiger partial charge is 0.320 e. The summed E-state index contributed by atoms with van der Waals surface area (Å²) < 4.78 is 1.30. The standard InChI is InChI=1S/C12H17NO2S2/c1-16-11-6-5-9(17-11)8-13-7-3-2-4-10(13)12(14)15/h5-6,10H,2-4,7-8H2,1H3,(H,14,15). The van der Waals surface area contributed by atoms with Crippen LogP contribution in [0, 0.1) is 0 Å². The van der Waals surface area contributed by atoms with Crippen LogP contribution in [0.15, 0.2) is 16.3 Å². The van der Waals surface area contributed by atoms with Crippen LogP contribution >= 0.6 is 23.1 Å². The van der Waals surface area contributed by atoms with E-state index < -0.39 is 5.97 Å². The largest absolute Gasteiger partial charge is 0.480 e. The second-order valence-electron chi connectivity index (χ2n) is 4.25. The lowest BCUT2D eigenvalue weighted by atomic mass is 10.0. The molecule has 3 nitrogen and oxygen atoms in total. The number of likely N-dealkylation sites (tertiary alicyclic amines) is 1. The van der Waals surface area contributed by atoms with E-state index in [1.54, 1.807) is 23.1 Å². The van der Waals surface area contributed by atoms with Crippen LogP contribution in [0.4, 0.5) is 0 Å². The van der Waals surface area contributed by atoms with Gasteiger partial charge in [0.25, 0.3) is 0 Å². The number of piperidine rings is 1. The maximum absolute atomic E-state index is 11.2. The molecule has 0 aromatic carbocycles. The molecular formula is C12H17NO2S2. The zero-order valence-electron chi connectivity index (χ0n) is 9.89. The van der Waals surface area contributed by atoms with Gasteiger partial charge in [0.05, 0.1) is 4.21 Å². The van der Waals surface area contributed by atoms with E-state index in [1.165, 1.54) is 9.09 Å². The fraction of sp³-hybridized carbons (Fsp3) is 0.583. The van der Waals surface area contributed by atoms with Crippen molar-refractivity contribution in [2.75, 3.05) is 12.8 Å². The monoisotopic (exact) mass is 271 g/mol. The Morgan fingerprint density at radius 1 is 1.59 bits per heavy atom. The lowest BCUT2D eigenvalue weighted by Gasteiger charge is -2.32. The first-order valence-corrected chi connectivity index (χ1v) is 7.84. The Bertz CT molecular complexity index is 392. The first-order valence-electron chi connectivity index (χ1n) is 5.80. The number of aliphatic carboxylic acids is 1. The second kappa shape index (κ2) is 5.89. The molecule has 5 heteroatoms. The molecule has 1 aliphatic heterocycles. The van der Waals surface area contributed by atoms with Gasteiger partial charge >= 0.3 is 5.97 Å². The second-order valence-corrected chi connectivity index (χ2v) is 6.52. The van der Waals surface area contributed by atoms with Crippen molar-refractivity contribution < 1.29 is 9.90 Å². The Balaban J connectivity index is 2.02. The summed E-state index contributed by atoms with van der Waals surface area (Å²) in [5.74, 6) is -0.675. The van der Waals surface area contributed by atoms with Gasteiger partial charge in [-0.3, -0.25) is 9.69 Å². The van der Waals surface area contributed by atoms with Crippen molar-refractivity contribution in [1.82, 2.24) is 4.90 Å². The predicted molar refractivity (Wildman–Crippen MR) is 71.8 cm³/mol. The van der Waals surface area contributed by atoms with Crippen molar-refractivity contribution in [3.05, 3.63) is 17.0 Å². The van der Waals surface area contributed by atoms with Crippen LogP contribution in [0.3, 0.4) is 0 Å². The van der Waals surface area contributed by atoms with E-state index in [0.29, 0.717) is 0 Å². The van der Waals surface area contributed by atoms with Gasteiger partial charge in [0, 0.05) is 11.4 Å². The molecule has 0 spiro atoms.